The van der Waals surface area contributed by atoms with Crippen molar-refractivity contribution in [1.29, 1.82) is 0 Å². The first-order valence-electron chi connectivity index (χ1n) is 8.26. The molecule has 132 valence electrons. The standard InChI is InChI=1S/C17H18N8S/c1-11-10-26-16-14(11)15(20-12(2)21-16)18-8-9-19-17-22-23-24-25(17)13-6-4-3-5-7-13/h3-7,10H,8-9H2,1-2H3,(H,18,20,21)(H,19,22,24). The summed E-state index contributed by atoms with van der Waals surface area (Å²) >= 11 is 1.64. The van der Waals surface area contributed by atoms with Gasteiger partial charge in [-0.15, -0.1) is 11.3 Å². The molecule has 4 aromatic rings. The van der Waals surface area contributed by atoms with E-state index in [1.807, 2.05) is 37.3 Å². The van der Waals surface area contributed by atoms with Crippen LogP contribution < -0.4 is 10.6 Å². The van der Waals surface area contributed by atoms with E-state index >= 15 is 0 Å². The van der Waals surface area contributed by atoms with Crippen LogP contribution in [0.2, 0.25) is 0 Å². The van der Waals surface area contributed by atoms with Crippen molar-refractivity contribution in [3.8, 4) is 5.69 Å². The van der Waals surface area contributed by atoms with E-state index in [9.17, 15) is 0 Å². The molecule has 0 radical (unpaired) electrons. The van der Waals surface area contributed by atoms with E-state index in [1.165, 1.54) is 5.56 Å². The largest absolute Gasteiger partial charge is 0.368 e. The smallest absolute Gasteiger partial charge is 0.247 e. The van der Waals surface area contributed by atoms with Gasteiger partial charge in [-0.25, -0.2) is 9.97 Å². The number of anilines is 2. The summed E-state index contributed by atoms with van der Waals surface area (Å²) in [6.07, 6.45) is 0. The van der Waals surface area contributed by atoms with E-state index in [-0.39, 0.29) is 0 Å². The van der Waals surface area contributed by atoms with Crippen molar-refractivity contribution in [1.82, 2.24) is 30.2 Å². The molecule has 0 saturated heterocycles. The van der Waals surface area contributed by atoms with Crippen molar-refractivity contribution in [2.24, 2.45) is 0 Å². The molecule has 0 aliphatic heterocycles. The fourth-order valence-electron chi connectivity index (χ4n) is 2.71. The van der Waals surface area contributed by atoms with Gasteiger partial charge in [0.15, 0.2) is 0 Å². The van der Waals surface area contributed by atoms with Gasteiger partial charge in [0.25, 0.3) is 0 Å². The highest BCUT2D eigenvalue weighted by Gasteiger charge is 2.11. The third-order valence-corrected chi connectivity index (χ3v) is 4.89. The number of nitrogens with zero attached hydrogens (tertiary/aromatic N) is 6. The maximum Gasteiger partial charge on any atom is 0.247 e. The molecule has 3 aromatic heterocycles. The number of para-hydroxylation sites is 1. The van der Waals surface area contributed by atoms with Crippen LogP contribution in [-0.4, -0.2) is 43.3 Å². The maximum absolute atomic E-state index is 4.55. The minimum atomic E-state index is 0.605. The number of hydrogen-bond donors (Lipinski definition) is 2. The summed E-state index contributed by atoms with van der Waals surface area (Å²) in [5.74, 6) is 2.24. The molecule has 26 heavy (non-hydrogen) atoms. The van der Waals surface area contributed by atoms with Crippen molar-refractivity contribution in [3.63, 3.8) is 0 Å². The maximum atomic E-state index is 4.55. The lowest BCUT2D eigenvalue weighted by atomic mass is 10.2. The Kier molecular flexibility index (Phi) is 4.44. The van der Waals surface area contributed by atoms with Crippen LogP contribution in [0, 0.1) is 13.8 Å². The van der Waals surface area contributed by atoms with Crippen LogP contribution in [0.25, 0.3) is 15.9 Å². The van der Waals surface area contributed by atoms with Crippen LogP contribution >= 0.6 is 11.3 Å². The second kappa shape index (κ2) is 7.04. The summed E-state index contributed by atoms with van der Waals surface area (Å²) in [5.41, 5.74) is 2.10. The molecule has 0 unspecified atom stereocenters. The van der Waals surface area contributed by atoms with Crippen LogP contribution in [0.3, 0.4) is 0 Å². The Bertz CT molecular complexity index is 1020. The Balaban J connectivity index is 1.43. The lowest BCUT2D eigenvalue weighted by molar-refractivity contribution is 0.789. The van der Waals surface area contributed by atoms with Crippen LogP contribution in [0.1, 0.15) is 11.4 Å². The van der Waals surface area contributed by atoms with E-state index in [0.717, 1.165) is 27.5 Å². The molecular formula is C17H18N8S. The molecule has 4 rings (SSSR count). The van der Waals surface area contributed by atoms with Crippen molar-refractivity contribution < 1.29 is 0 Å². The Hall–Kier alpha value is -3.07. The Morgan fingerprint density at radius 3 is 2.69 bits per heavy atom. The fourth-order valence-corrected chi connectivity index (χ4v) is 3.68. The SMILES string of the molecule is Cc1nc(NCCNc2nnnn2-c2ccccc2)c2c(C)csc2n1. The lowest BCUT2D eigenvalue weighted by Crippen LogP contribution is -2.17. The number of aromatic nitrogens is 6. The Morgan fingerprint density at radius 2 is 1.85 bits per heavy atom. The fraction of sp³-hybridized carbons (Fsp3) is 0.235. The van der Waals surface area contributed by atoms with Gasteiger partial charge in [0.2, 0.25) is 5.95 Å². The molecule has 0 aliphatic rings. The number of nitrogens with one attached hydrogen (secondary N) is 2. The van der Waals surface area contributed by atoms with Crippen molar-refractivity contribution >= 4 is 33.3 Å². The first kappa shape index (κ1) is 16.4. The molecule has 0 spiro atoms. The summed E-state index contributed by atoms with van der Waals surface area (Å²) in [6, 6.07) is 9.78. The zero-order valence-corrected chi connectivity index (χ0v) is 15.3. The number of rotatable bonds is 6. The van der Waals surface area contributed by atoms with Crippen LogP contribution in [-0.2, 0) is 0 Å². The van der Waals surface area contributed by atoms with Crippen LogP contribution in [0.4, 0.5) is 11.8 Å². The van der Waals surface area contributed by atoms with E-state index in [2.05, 4.69) is 48.4 Å². The van der Waals surface area contributed by atoms with Crippen molar-refractivity contribution in [3.05, 3.63) is 47.1 Å². The van der Waals surface area contributed by atoms with E-state index < -0.39 is 0 Å². The molecule has 0 saturated carbocycles. The molecule has 0 atom stereocenters. The monoisotopic (exact) mass is 366 g/mol. The van der Waals surface area contributed by atoms with Gasteiger partial charge in [-0.1, -0.05) is 23.3 Å². The van der Waals surface area contributed by atoms with Gasteiger partial charge in [0, 0.05) is 13.1 Å². The average Bonchev–Trinajstić information content (AvgIpc) is 3.26. The van der Waals surface area contributed by atoms with Crippen LogP contribution in [0.15, 0.2) is 35.7 Å². The van der Waals surface area contributed by atoms with Crippen LogP contribution in [0.5, 0.6) is 0 Å². The molecular weight excluding hydrogens is 348 g/mol. The minimum Gasteiger partial charge on any atom is -0.368 e. The highest BCUT2D eigenvalue weighted by molar-refractivity contribution is 7.17. The van der Waals surface area contributed by atoms with Gasteiger partial charge in [0.05, 0.1) is 11.1 Å². The van der Waals surface area contributed by atoms with Crippen molar-refractivity contribution in [2.45, 2.75) is 13.8 Å². The highest BCUT2D eigenvalue weighted by Crippen LogP contribution is 2.29. The Morgan fingerprint density at radius 1 is 1.04 bits per heavy atom. The van der Waals surface area contributed by atoms with Gasteiger partial charge in [-0.05, 0) is 47.4 Å². The summed E-state index contributed by atoms with van der Waals surface area (Å²) in [7, 11) is 0. The van der Waals surface area contributed by atoms with E-state index in [4.69, 9.17) is 0 Å². The van der Waals surface area contributed by atoms with Gasteiger partial charge in [-0.2, -0.15) is 4.68 Å². The average molecular weight is 366 g/mol. The minimum absolute atomic E-state index is 0.605. The first-order valence-corrected chi connectivity index (χ1v) is 9.14. The van der Waals surface area contributed by atoms with Gasteiger partial charge in [0.1, 0.15) is 16.5 Å². The first-order chi connectivity index (χ1) is 12.7. The normalized spacial score (nSPS) is 11.0. The molecule has 1 aromatic carbocycles. The number of hydrogen-bond acceptors (Lipinski definition) is 8. The third-order valence-electron chi connectivity index (χ3n) is 3.90. The van der Waals surface area contributed by atoms with Gasteiger partial charge in [-0.3, -0.25) is 0 Å². The van der Waals surface area contributed by atoms with E-state index in [0.29, 0.717) is 19.0 Å². The van der Waals surface area contributed by atoms with Gasteiger partial charge >= 0.3 is 0 Å². The zero-order chi connectivity index (χ0) is 17.9. The highest BCUT2D eigenvalue weighted by atomic mass is 32.1. The molecule has 0 amide bonds. The summed E-state index contributed by atoms with van der Waals surface area (Å²) in [5, 5.41) is 21.7. The summed E-state index contributed by atoms with van der Waals surface area (Å²) in [6.45, 7) is 5.32. The number of benzene rings is 1. The number of thiophene rings is 1. The molecule has 0 fully saturated rings. The predicted octanol–water partition coefficient (Wildman–Crippen LogP) is 2.81. The van der Waals surface area contributed by atoms with E-state index in [1.54, 1.807) is 16.0 Å². The molecule has 2 N–H and O–H groups in total. The molecule has 3 heterocycles. The second-order valence-electron chi connectivity index (χ2n) is 5.82. The molecule has 9 heteroatoms. The summed E-state index contributed by atoms with van der Waals surface area (Å²) in [4.78, 5) is 10.1. The molecule has 8 nitrogen and oxygen atoms in total. The number of fused-ring (bicyclic) bond motifs is 1. The molecule has 0 bridgehead atoms. The second-order valence-corrected chi connectivity index (χ2v) is 6.68. The quantitative estimate of drug-likeness (QED) is 0.507. The predicted molar refractivity (Wildman–Crippen MR) is 103 cm³/mol. The molecule has 0 aliphatic carbocycles. The third kappa shape index (κ3) is 3.21. The van der Waals surface area contributed by atoms with Crippen molar-refractivity contribution in [2.75, 3.05) is 23.7 Å². The lowest BCUT2D eigenvalue weighted by Gasteiger charge is -2.10. The van der Waals surface area contributed by atoms with Gasteiger partial charge < -0.3 is 10.6 Å². The Labute approximate surface area is 154 Å². The zero-order valence-electron chi connectivity index (χ0n) is 14.5. The number of aryl methyl sites for hydroxylation is 2. The summed E-state index contributed by atoms with van der Waals surface area (Å²) < 4.78 is 1.68. The number of tetrazole rings is 1. The topological polar surface area (TPSA) is 93.4 Å².